The Bertz CT molecular complexity index is 1280. The summed E-state index contributed by atoms with van der Waals surface area (Å²) in [5, 5.41) is 2.73. The lowest BCUT2D eigenvalue weighted by molar-refractivity contribution is -0.114. The minimum absolute atomic E-state index is 0.0908. The molecule has 0 unspecified atom stereocenters. The summed E-state index contributed by atoms with van der Waals surface area (Å²) in [5.74, 6) is -1.06. The maximum atomic E-state index is 13.5. The van der Waals surface area contributed by atoms with E-state index in [-0.39, 0.29) is 4.90 Å². The van der Waals surface area contributed by atoms with E-state index < -0.39 is 28.4 Å². The van der Waals surface area contributed by atoms with Crippen molar-refractivity contribution >= 4 is 33.3 Å². The second-order valence-corrected chi connectivity index (χ2v) is 9.49. The van der Waals surface area contributed by atoms with Gasteiger partial charge in [-0.15, -0.1) is 0 Å². The SMILES string of the molecule is COC(=O)c1cccc(NC(=O)CN(c2ccccc2C)S(=O)(=O)c2ccc(C)cc2)c1C. The van der Waals surface area contributed by atoms with Crippen LogP contribution in [-0.2, 0) is 19.6 Å². The number of benzene rings is 3. The Morgan fingerprint density at radius 1 is 0.909 bits per heavy atom. The molecule has 3 rings (SSSR count). The summed E-state index contributed by atoms with van der Waals surface area (Å²) in [6, 6.07) is 18.3. The quantitative estimate of drug-likeness (QED) is 0.526. The predicted octanol–water partition coefficient (Wildman–Crippen LogP) is 4.23. The second-order valence-electron chi connectivity index (χ2n) is 7.63. The van der Waals surface area contributed by atoms with E-state index in [1.54, 1.807) is 68.4 Å². The van der Waals surface area contributed by atoms with Gasteiger partial charge in [-0.25, -0.2) is 13.2 Å². The number of hydrogen-bond donors (Lipinski definition) is 1. The number of para-hydroxylation sites is 1. The normalized spacial score (nSPS) is 11.0. The zero-order valence-corrected chi connectivity index (χ0v) is 19.8. The molecule has 3 aromatic rings. The Morgan fingerprint density at radius 3 is 2.21 bits per heavy atom. The van der Waals surface area contributed by atoms with E-state index in [1.165, 1.54) is 19.2 Å². The van der Waals surface area contributed by atoms with Gasteiger partial charge >= 0.3 is 5.97 Å². The first-order valence-corrected chi connectivity index (χ1v) is 11.7. The summed E-state index contributed by atoms with van der Waals surface area (Å²) in [6.45, 7) is 4.90. The minimum atomic E-state index is -4.02. The number of rotatable bonds is 7. The van der Waals surface area contributed by atoms with Crippen LogP contribution in [0.25, 0.3) is 0 Å². The number of aryl methyl sites for hydroxylation is 2. The van der Waals surface area contributed by atoms with Crippen LogP contribution in [0.15, 0.2) is 71.6 Å². The van der Waals surface area contributed by atoms with Gasteiger partial charge in [-0.2, -0.15) is 0 Å². The average molecular weight is 467 g/mol. The van der Waals surface area contributed by atoms with Crippen molar-refractivity contribution in [2.24, 2.45) is 0 Å². The molecule has 0 aliphatic carbocycles. The first kappa shape index (κ1) is 24.0. The number of sulfonamides is 1. The summed E-state index contributed by atoms with van der Waals surface area (Å²) < 4.78 is 32.9. The summed E-state index contributed by atoms with van der Waals surface area (Å²) in [7, 11) is -2.74. The Morgan fingerprint density at radius 2 is 1.58 bits per heavy atom. The molecule has 0 heterocycles. The van der Waals surface area contributed by atoms with Crippen molar-refractivity contribution in [2.45, 2.75) is 25.7 Å². The predicted molar refractivity (Wildman–Crippen MR) is 128 cm³/mol. The van der Waals surface area contributed by atoms with Gasteiger partial charge in [-0.05, 0) is 62.2 Å². The van der Waals surface area contributed by atoms with Crippen molar-refractivity contribution in [3.63, 3.8) is 0 Å². The van der Waals surface area contributed by atoms with Crippen LogP contribution in [0.1, 0.15) is 27.0 Å². The van der Waals surface area contributed by atoms with E-state index in [9.17, 15) is 18.0 Å². The molecule has 1 amide bonds. The Hall–Kier alpha value is -3.65. The third-order valence-electron chi connectivity index (χ3n) is 5.29. The minimum Gasteiger partial charge on any atom is -0.465 e. The topological polar surface area (TPSA) is 92.8 Å². The number of carbonyl (C=O) groups excluding carboxylic acids is 2. The fraction of sp³-hybridized carbons (Fsp3) is 0.200. The molecule has 8 heteroatoms. The molecule has 1 N–H and O–H groups in total. The average Bonchev–Trinajstić information content (AvgIpc) is 2.79. The molecule has 0 fully saturated rings. The van der Waals surface area contributed by atoms with Gasteiger partial charge in [-0.3, -0.25) is 9.10 Å². The standard InChI is InChI=1S/C25H26N2O5S/c1-17-12-14-20(15-13-17)33(30,31)27(23-11-6-5-8-18(23)2)16-24(28)26-22-10-7-9-21(19(22)3)25(29)32-4/h5-15H,16H2,1-4H3,(H,26,28). The van der Waals surface area contributed by atoms with Crippen LogP contribution in [0.3, 0.4) is 0 Å². The first-order valence-electron chi connectivity index (χ1n) is 10.3. The number of anilines is 2. The summed E-state index contributed by atoms with van der Waals surface area (Å²) >= 11 is 0. The van der Waals surface area contributed by atoms with Gasteiger partial charge in [-0.1, -0.05) is 42.0 Å². The number of methoxy groups -OCH3 is 1. The van der Waals surface area contributed by atoms with Crippen molar-refractivity contribution in [3.8, 4) is 0 Å². The molecule has 0 aliphatic rings. The Labute approximate surface area is 194 Å². The largest absolute Gasteiger partial charge is 0.465 e. The highest BCUT2D eigenvalue weighted by Gasteiger charge is 2.28. The number of hydrogen-bond acceptors (Lipinski definition) is 5. The smallest absolute Gasteiger partial charge is 0.338 e. The summed E-state index contributed by atoms with van der Waals surface area (Å²) in [5.41, 5.74) is 3.30. The molecule has 7 nitrogen and oxygen atoms in total. The Balaban J connectivity index is 1.97. The second kappa shape index (κ2) is 9.87. The molecule has 172 valence electrons. The molecular weight excluding hydrogens is 440 g/mol. The van der Waals surface area contributed by atoms with E-state index in [4.69, 9.17) is 4.74 Å². The van der Waals surface area contributed by atoms with Gasteiger partial charge in [0.15, 0.2) is 0 Å². The molecule has 3 aromatic carbocycles. The van der Waals surface area contributed by atoms with Gasteiger partial charge in [0.2, 0.25) is 5.91 Å². The van der Waals surface area contributed by atoms with E-state index in [2.05, 4.69) is 5.32 Å². The zero-order chi connectivity index (χ0) is 24.2. The third kappa shape index (κ3) is 5.23. The van der Waals surface area contributed by atoms with Gasteiger partial charge < -0.3 is 10.1 Å². The van der Waals surface area contributed by atoms with Crippen molar-refractivity contribution in [1.29, 1.82) is 0 Å². The van der Waals surface area contributed by atoms with Crippen LogP contribution in [0, 0.1) is 20.8 Å². The molecule has 0 radical (unpaired) electrons. The molecule has 0 spiro atoms. The highest BCUT2D eigenvalue weighted by Crippen LogP contribution is 2.27. The van der Waals surface area contributed by atoms with Crippen molar-refractivity contribution in [3.05, 3.63) is 89.0 Å². The highest BCUT2D eigenvalue weighted by atomic mass is 32.2. The van der Waals surface area contributed by atoms with Crippen LogP contribution in [0.5, 0.6) is 0 Å². The van der Waals surface area contributed by atoms with Gasteiger partial charge in [0.1, 0.15) is 6.54 Å². The summed E-state index contributed by atoms with van der Waals surface area (Å²) in [4.78, 5) is 25.1. The fourth-order valence-corrected chi connectivity index (χ4v) is 4.89. The molecule has 0 aliphatic heterocycles. The third-order valence-corrected chi connectivity index (χ3v) is 7.07. The Kier molecular flexibility index (Phi) is 7.18. The van der Waals surface area contributed by atoms with Crippen LogP contribution < -0.4 is 9.62 Å². The number of nitrogens with one attached hydrogen (secondary N) is 1. The maximum absolute atomic E-state index is 13.5. The first-order chi connectivity index (χ1) is 15.6. The van der Waals surface area contributed by atoms with Crippen molar-refractivity contribution in [2.75, 3.05) is 23.3 Å². The van der Waals surface area contributed by atoms with Crippen LogP contribution in [-0.4, -0.2) is 33.9 Å². The number of ether oxygens (including phenoxy) is 1. The molecule has 0 atom stereocenters. The van der Waals surface area contributed by atoms with Gasteiger partial charge in [0, 0.05) is 5.69 Å². The number of carbonyl (C=O) groups is 2. The van der Waals surface area contributed by atoms with Gasteiger partial charge in [0.25, 0.3) is 10.0 Å². The van der Waals surface area contributed by atoms with E-state index in [1.807, 2.05) is 6.92 Å². The van der Waals surface area contributed by atoms with E-state index in [0.717, 1.165) is 9.87 Å². The number of esters is 1. The lowest BCUT2D eigenvalue weighted by atomic mass is 10.1. The molecule has 0 saturated heterocycles. The van der Waals surface area contributed by atoms with E-state index in [0.29, 0.717) is 28.1 Å². The zero-order valence-electron chi connectivity index (χ0n) is 19.0. The van der Waals surface area contributed by atoms with Crippen molar-refractivity contribution in [1.82, 2.24) is 0 Å². The maximum Gasteiger partial charge on any atom is 0.338 e. The molecule has 0 saturated carbocycles. The van der Waals surface area contributed by atoms with E-state index >= 15 is 0 Å². The highest BCUT2D eigenvalue weighted by molar-refractivity contribution is 7.92. The van der Waals surface area contributed by atoms with Gasteiger partial charge in [0.05, 0.1) is 23.3 Å². The monoisotopic (exact) mass is 466 g/mol. The number of nitrogens with zero attached hydrogens (tertiary/aromatic N) is 1. The molecule has 0 bridgehead atoms. The summed E-state index contributed by atoms with van der Waals surface area (Å²) in [6.07, 6.45) is 0. The van der Waals surface area contributed by atoms with Crippen LogP contribution >= 0.6 is 0 Å². The van der Waals surface area contributed by atoms with Crippen LogP contribution in [0.4, 0.5) is 11.4 Å². The fourth-order valence-electron chi connectivity index (χ4n) is 3.40. The number of amides is 1. The lowest BCUT2D eigenvalue weighted by Crippen LogP contribution is -2.38. The van der Waals surface area contributed by atoms with Crippen LogP contribution in [0.2, 0.25) is 0 Å². The molecule has 33 heavy (non-hydrogen) atoms. The molecule has 0 aromatic heterocycles. The van der Waals surface area contributed by atoms with Crippen molar-refractivity contribution < 1.29 is 22.7 Å². The molecular formula is C25H26N2O5S. The lowest BCUT2D eigenvalue weighted by Gasteiger charge is -2.26.